The maximum Gasteiger partial charge on any atom is 0.125 e. The molecule has 1 aromatic carbocycles. The van der Waals surface area contributed by atoms with Crippen LogP contribution in [0, 0.1) is 0 Å². The third kappa shape index (κ3) is 2.35. The smallest absolute Gasteiger partial charge is 0.125 e. The van der Waals surface area contributed by atoms with Crippen LogP contribution in [0.3, 0.4) is 0 Å². The lowest BCUT2D eigenvalue weighted by Crippen LogP contribution is -2.25. The fraction of sp³-hybridized carbons (Fsp3) is 0.500. The maximum atomic E-state index is 10.1. The standard InChI is InChI=1S/C16H22N2O/c1-2-18-11-12(10-17-13-6-3-4-7-13)16-14(18)8-5-9-15(16)19/h5,8-9,11,13,17,19H,2-4,6-7,10H2,1H3. The molecule has 1 aromatic heterocycles. The molecule has 0 spiro atoms. The van der Waals surface area contributed by atoms with Gasteiger partial charge in [0.2, 0.25) is 0 Å². The van der Waals surface area contributed by atoms with Crippen LogP contribution < -0.4 is 5.32 Å². The Hall–Kier alpha value is -1.48. The van der Waals surface area contributed by atoms with E-state index in [4.69, 9.17) is 0 Å². The van der Waals surface area contributed by atoms with Crippen LogP contribution in [-0.4, -0.2) is 15.7 Å². The van der Waals surface area contributed by atoms with Crippen molar-refractivity contribution in [2.75, 3.05) is 0 Å². The van der Waals surface area contributed by atoms with Crippen LogP contribution in [0.1, 0.15) is 38.2 Å². The van der Waals surface area contributed by atoms with Gasteiger partial charge in [0.15, 0.2) is 0 Å². The van der Waals surface area contributed by atoms with Crippen LogP contribution >= 0.6 is 0 Å². The molecule has 0 radical (unpaired) electrons. The number of nitrogens with one attached hydrogen (secondary N) is 1. The molecular weight excluding hydrogens is 236 g/mol. The third-order valence-electron chi connectivity index (χ3n) is 4.24. The van der Waals surface area contributed by atoms with E-state index in [1.165, 1.54) is 31.2 Å². The number of hydrogen-bond donors (Lipinski definition) is 2. The van der Waals surface area contributed by atoms with Crippen molar-refractivity contribution in [3.05, 3.63) is 30.0 Å². The molecule has 3 rings (SSSR count). The van der Waals surface area contributed by atoms with E-state index in [9.17, 15) is 5.11 Å². The van der Waals surface area contributed by atoms with Crippen LogP contribution in [0.15, 0.2) is 24.4 Å². The van der Waals surface area contributed by atoms with E-state index in [0.29, 0.717) is 11.8 Å². The van der Waals surface area contributed by atoms with E-state index in [1.54, 1.807) is 6.07 Å². The number of phenolic OH excluding ortho intramolecular Hbond substituents is 1. The zero-order chi connectivity index (χ0) is 13.2. The third-order valence-corrected chi connectivity index (χ3v) is 4.24. The highest BCUT2D eigenvalue weighted by Crippen LogP contribution is 2.30. The Morgan fingerprint density at radius 1 is 1.32 bits per heavy atom. The summed E-state index contributed by atoms with van der Waals surface area (Å²) in [5.41, 5.74) is 2.34. The van der Waals surface area contributed by atoms with Crippen molar-refractivity contribution in [1.29, 1.82) is 0 Å². The van der Waals surface area contributed by atoms with Crippen LogP contribution in [0.25, 0.3) is 10.9 Å². The van der Waals surface area contributed by atoms with Crippen molar-refractivity contribution in [3.63, 3.8) is 0 Å². The number of rotatable bonds is 4. The largest absolute Gasteiger partial charge is 0.507 e. The molecule has 1 aliphatic carbocycles. The van der Waals surface area contributed by atoms with Crippen molar-refractivity contribution in [1.82, 2.24) is 9.88 Å². The lowest BCUT2D eigenvalue weighted by atomic mass is 10.1. The fourth-order valence-corrected chi connectivity index (χ4v) is 3.20. The Morgan fingerprint density at radius 3 is 2.84 bits per heavy atom. The molecule has 0 saturated heterocycles. The monoisotopic (exact) mass is 258 g/mol. The van der Waals surface area contributed by atoms with E-state index in [2.05, 4.69) is 29.1 Å². The van der Waals surface area contributed by atoms with E-state index in [0.717, 1.165) is 24.0 Å². The van der Waals surface area contributed by atoms with Crippen LogP contribution in [0.4, 0.5) is 0 Å². The number of nitrogens with zero attached hydrogens (tertiary/aromatic N) is 1. The predicted molar refractivity (Wildman–Crippen MR) is 78.4 cm³/mol. The lowest BCUT2D eigenvalue weighted by Gasteiger charge is -2.11. The molecule has 2 N–H and O–H groups in total. The van der Waals surface area contributed by atoms with Gasteiger partial charge >= 0.3 is 0 Å². The van der Waals surface area contributed by atoms with Gasteiger partial charge in [-0.1, -0.05) is 18.9 Å². The van der Waals surface area contributed by atoms with Gasteiger partial charge in [-0.2, -0.15) is 0 Å². The van der Waals surface area contributed by atoms with Crippen molar-refractivity contribution < 1.29 is 5.11 Å². The summed E-state index contributed by atoms with van der Waals surface area (Å²) in [6.07, 6.45) is 7.45. The van der Waals surface area contributed by atoms with Crippen LogP contribution in [-0.2, 0) is 13.1 Å². The number of phenols is 1. The van der Waals surface area contributed by atoms with Gasteiger partial charge in [0.1, 0.15) is 5.75 Å². The molecule has 2 aromatic rings. The molecule has 1 heterocycles. The quantitative estimate of drug-likeness (QED) is 0.882. The summed E-state index contributed by atoms with van der Waals surface area (Å²) in [5, 5.41) is 14.8. The minimum absolute atomic E-state index is 0.396. The second kappa shape index (κ2) is 5.25. The maximum absolute atomic E-state index is 10.1. The molecule has 1 aliphatic rings. The Morgan fingerprint density at radius 2 is 2.11 bits per heavy atom. The Bertz CT molecular complexity index is 567. The first-order valence-corrected chi connectivity index (χ1v) is 7.32. The molecule has 3 heteroatoms. The van der Waals surface area contributed by atoms with E-state index in [1.807, 2.05) is 6.07 Å². The van der Waals surface area contributed by atoms with Gasteiger partial charge in [-0.3, -0.25) is 0 Å². The second-order valence-corrected chi connectivity index (χ2v) is 5.47. The number of benzene rings is 1. The van der Waals surface area contributed by atoms with Crippen LogP contribution in [0.5, 0.6) is 5.75 Å². The summed E-state index contributed by atoms with van der Waals surface area (Å²) in [5.74, 6) is 0.396. The minimum atomic E-state index is 0.396. The van der Waals surface area contributed by atoms with E-state index < -0.39 is 0 Å². The summed E-state index contributed by atoms with van der Waals surface area (Å²) in [6.45, 7) is 3.92. The topological polar surface area (TPSA) is 37.2 Å². The van der Waals surface area contributed by atoms with E-state index in [-0.39, 0.29) is 0 Å². The average molecular weight is 258 g/mol. The molecule has 0 aliphatic heterocycles. The Balaban J connectivity index is 1.89. The van der Waals surface area contributed by atoms with Crippen molar-refractivity contribution >= 4 is 10.9 Å². The normalized spacial score (nSPS) is 16.5. The summed E-state index contributed by atoms with van der Waals surface area (Å²) >= 11 is 0. The van der Waals surface area contributed by atoms with Crippen LogP contribution in [0.2, 0.25) is 0 Å². The first-order chi connectivity index (χ1) is 9.29. The summed E-state index contributed by atoms with van der Waals surface area (Å²) in [6, 6.07) is 6.43. The van der Waals surface area contributed by atoms with Crippen molar-refractivity contribution in [2.45, 2.75) is 51.7 Å². The van der Waals surface area contributed by atoms with Gasteiger partial charge < -0.3 is 15.0 Å². The molecule has 102 valence electrons. The molecule has 0 amide bonds. The highest BCUT2D eigenvalue weighted by Gasteiger charge is 2.16. The minimum Gasteiger partial charge on any atom is -0.507 e. The van der Waals surface area contributed by atoms with Gasteiger partial charge in [0.05, 0.1) is 5.52 Å². The first-order valence-electron chi connectivity index (χ1n) is 7.32. The fourth-order valence-electron chi connectivity index (χ4n) is 3.20. The predicted octanol–water partition coefficient (Wildman–Crippen LogP) is 3.40. The lowest BCUT2D eigenvalue weighted by molar-refractivity contribution is 0.480. The van der Waals surface area contributed by atoms with Gasteiger partial charge in [0.25, 0.3) is 0 Å². The molecule has 1 fully saturated rings. The van der Waals surface area contributed by atoms with Crippen molar-refractivity contribution in [3.8, 4) is 5.75 Å². The van der Waals surface area contributed by atoms with Crippen molar-refractivity contribution in [2.24, 2.45) is 0 Å². The molecule has 19 heavy (non-hydrogen) atoms. The number of aromatic nitrogens is 1. The number of aryl methyl sites for hydroxylation is 1. The molecule has 0 unspecified atom stereocenters. The van der Waals surface area contributed by atoms with Gasteiger partial charge in [-0.25, -0.2) is 0 Å². The summed E-state index contributed by atoms with van der Waals surface area (Å²) in [4.78, 5) is 0. The Kier molecular flexibility index (Phi) is 3.47. The highest BCUT2D eigenvalue weighted by molar-refractivity contribution is 5.89. The van der Waals surface area contributed by atoms with Gasteiger partial charge in [0, 0.05) is 30.7 Å². The molecule has 0 bridgehead atoms. The molecular formula is C16H22N2O. The summed E-state index contributed by atoms with van der Waals surface area (Å²) in [7, 11) is 0. The Labute approximate surface area is 114 Å². The number of hydrogen-bond acceptors (Lipinski definition) is 2. The number of aromatic hydroxyl groups is 1. The highest BCUT2D eigenvalue weighted by atomic mass is 16.3. The van der Waals surface area contributed by atoms with Gasteiger partial charge in [-0.15, -0.1) is 0 Å². The zero-order valence-electron chi connectivity index (χ0n) is 11.5. The molecule has 0 atom stereocenters. The van der Waals surface area contributed by atoms with E-state index >= 15 is 0 Å². The zero-order valence-corrected chi connectivity index (χ0v) is 11.5. The van der Waals surface area contributed by atoms with Gasteiger partial charge in [-0.05, 0) is 37.5 Å². The SMILES string of the molecule is CCn1cc(CNC2CCCC2)c2c(O)cccc21. The summed E-state index contributed by atoms with van der Waals surface area (Å²) < 4.78 is 2.21. The second-order valence-electron chi connectivity index (χ2n) is 5.47. The molecule has 1 saturated carbocycles. The average Bonchev–Trinajstić information content (AvgIpc) is 3.04. The molecule has 3 nitrogen and oxygen atoms in total. The first kappa shape index (κ1) is 12.5. The number of fused-ring (bicyclic) bond motifs is 1.